The highest BCUT2D eigenvalue weighted by Crippen LogP contribution is 2.17. The van der Waals surface area contributed by atoms with Gasteiger partial charge in [0.05, 0.1) is 0 Å². The van der Waals surface area contributed by atoms with Gasteiger partial charge in [-0.3, -0.25) is 4.79 Å². The number of aromatic nitrogens is 2. The third kappa shape index (κ3) is 2.15. The lowest BCUT2D eigenvalue weighted by atomic mass is 10.3. The molecule has 1 aliphatic heterocycles. The number of nitrogens with one attached hydrogen (secondary N) is 1. The van der Waals surface area contributed by atoms with Gasteiger partial charge in [0.2, 0.25) is 0 Å². The lowest BCUT2D eigenvalue weighted by Crippen LogP contribution is -2.46. The van der Waals surface area contributed by atoms with Gasteiger partial charge in [0.25, 0.3) is 5.56 Å². The molecule has 0 amide bonds. The van der Waals surface area contributed by atoms with E-state index in [1.54, 1.807) is 11.8 Å². The van der Waals surface area contributed by atoms with Gasteiger partial charge in [-0.25, -0.2) is 4.98 Å². The molecule has 0 aliphatic carbocycles. The Balaban J connectivity index is 2.25. The van der Waals surface area contributed by atoms with E-state index >= 15 is 0 Å². The van der Waals surface area contributed by atoms with E-state index in [9.17, 15) is 4.79 Å². The van der Waals surface area contributed by atoms with Crippen molar-refractivity contribution >= 4 is 11.5 Å². The molecule has 17 heavy (non-hydrogen) atoms. The highest BCUT2D eigenvalue weighted by Gasteiger charge is 2.21. The second-order valence-corrected chi connectivity index (χ2v) is 3.96. The molecule has 0 saturated carbocycles. The molecule has 1 fully saturated rings. The van der Waals surface area contributed by atoms with Crippen LogP contribution in [0.15, 0.2) is 4.79 Å². The Bertz CT molecular complexity index is 509. The van der Waals surface area contributed by atoms with Gasteiger partial charge in [0.1, 0.15) is 11.5 Å². The zero-order chi connectivity index (χ0) is 12.4. The number of hydrogen-bond donors (Lipinski definition) is 2. The van der Waals surface area contributed by atoms with Crippen molar-refractivity contribution in [3.63, 3.8) is 0 Å². The summed E-state index contributed by atoms with van der Waals surface area (Å²) in [5.74, 6) is 0.753. The van der Waals surface area contributed by atoms with Crippen molar-refractivity contribution in [1.29, 1.82) is 5.26 Å². The van der Waals surface area contributed by atoms with Crippen LogP contribution in [-0.4, -0.2) is 41.0 Å². The number of nitrogen functional groups attached to an aromatic ring is 1. The maximum absolute atomic E-state index is 11.8. The number of H-pyrrole nitrogens is 1. The number of piperazine rings is 1. The van der Waals surface area contributed by atoms with Crippen LogP contribution in [0.5, 0.6) is 0 Å². The zero-order valence-corrected chi connectivity index (χ0v) is 9.60. The van der Waals surface area contributed by atoms with E-state index in [4.69, 9.17) is 11.0 Å². The summed E-state index contributed by atoms with van der Waals surface area (Å²) in [6, 6.07) is 0. The van der Waals surface area contributed by atoms with E-state index in [0.717, 1.165) is 0 Å². The molecule has 7 nitrogen and oxygen atoms in total. The number of nitrogens with two attached hydrogens (primary N) is 1. The first kappa shape index (κ1) is 11.3. The van der Waals surface area contributed by atoms with E-state index in [1.165, 1.54) is 0 Å². The van der Waals surface area contributed by atoms with Crippen molar-refractivity contribution in [1.82, 2.24) is 14.9 Å². The number of nitriles is 1. The SMILES string of the molecule is Cc1nc(N)c(N2CCN(C#N)CC2)c(=O)[nH]1. The third-order valence-electron chi connectivity index (χ3n) is 2.78. The van der Waals surface area contributed by atoms with Crippen molar-refractivity contribution < 1.29 is 0 Å². The van der Waals surface area contributed by atoms with Gasteiger partial charge in [-0.15, -0.1) is 0 Å². The van der Waals surface area contributed by atoms with Gasteiger partial charge in [0, 0.05) is 26.2 Å². The summed E-state index contributed by atoms with van der Waals surface area (Å²) < 4.78 is 0. The van der Waals surface area contributed by atoms with Gasteiger partial charge >= 0.3 is 0 Å². The van der Waals surface area contributed by atoms with Gasteiger partial charge in [0.15, 0.2) is 12.0 Å². The quantitative estimate of drug-likeness (QED) is 0.621. The van der Waals surface area contributed by atoms with Crippen LogP contribution in [0.1, 0.15) is 5.82 Å². The Morgan fingerprint density at radius 1 is 1.41 bits per heavy atom. The predicted molar refractivity (Wildman–Crippen MR) is 63.4 cm³/mol. The van der Waals surface area contributed by atoms with Crippen LogP contribution in [0.25, 0.3) is 0 Å². The van der Waals surface area contributed by atoms with Crippen molar-refractivity contribution in [3.05, 3.63) is 16.2 Å². The summed E-state index contributed by atoms with van der Waals surface area (Å²) in [5.41, 5.74) is 5.96. The van der Waals surface area contributed by atoms with Crippen LogP contribution in [0, 0.1) is 18.4 Å². The lowest BCUT2D eigenvalue weighted by molar-refractivity contribution is 0.363. The monoisotopic (exact) mass is 234 g/mol. The summed E-state index contributed by atoms with van der Waals surface area (Å²) >= 11 is 0. The van der Waals surface area contributed by atoms with Crippen molar-refractivity contribution in [2.75, 3.05) is 36.8 Å². The second kappa shape index (κ2) is 4.33. The zero-order valence-electron chi connectivity index (χ0n) is 9.60. The van der Waals surface area contributed by atoms with Gasteiger partial charge < -0.3 is 20.5 Å². The van der Waals surface area contributed by atoms with Crippen LogP contribution in [-0.2, 0) is 0 Å². The first-order valence-corrected chi connectivity index (χ1v) is 5.38. The summed E-state index contributed by atoms with van der Waals surface area (Å²) in [6.07, 6.45) is 2.09. The normalized spacial score (nSPS) is 15.8. The topological polar surface area (TPSA) is 102 Å². The third-order valence-corrected chi connectivity index (χ3v) is 2.78. The molecule has 0 unspecified atom stereocenters. The molecule has 0 aromatic carbocycles. The van der Waals surface area contributed by atoms with E-state index < -0.39 is 0 Å². The van der Waals surface area contributed by atoms with Crippen LogP contribution >= 0.6 is 0 Å². The van der Waals surface area contributed by atoms with Crippen LogP contribution in [0.3, 0.4) is 0 Å². The fourth-order valence-electron chi connectivity index (χ4n) is 1.94. The Hall–Kier alpha value is -2.23. The molecule has 1 saturated heterocycles. The number of aryl methyl sites for hydroxylation is 1. The van der Waals surface area contributed by atoms with Crippen LogP contribution in [0.4, 0.5) is 11.5 Å². The van der Waals surface area contributed by atoms with Crippen molar-refractivity contribution in [3.8, 4) is 6.19 Å². The molecule has 0 bridgehead atoms. The van der Waals surface area contributed by atoms with E-state index in [1.807, 2.05) is 4.90 Å². The minimum absolute atomic E-state index is 0.222. The standard InChI is InChI=1S/C10H14N6O/c1-7-13-9(12)8(10(17)14-7)16-4-2-15(6-11)3-5-16/h2-5H2,1H3,(H3,12,13,14,17). The van der Waals surface area contributed by atoms with E-state index in [2.05, 4.69) is 16.2 Å². The summed E-state index contributed by atoms with van der Waals surface area (Å²) in [4.78, 5) is 22.0. The number of rotatable bonds is 1. The average Bonchev–Trinajstić information content (AvgIpc) is 2.28. The van der Waals surface area contributed by atoms with Crippen molar-refractivity contribution in [2.45, 2.75) is 6.92 Å². The Morgan fingerprint density at radius 2 is 2.06 bits per heavy atom. The Labute approximate surface area is 98.5 Å². The molecule has 1 aromatic rings. The lowest BCUT2D eigenvalue weighted by Gasteiger charge is -2.32. The molecular weight excluding hydrogens is 220 g/mol. The van der Waals surface area contributed by atoms with E-state index in [-0.39, 0.29) is 11.4 Å². The average molecular weight is 234 g/mol. The van der Waals surface area contributed by atoms with E-state index in [0.29, 0.717) is 37.7 Å². The molecule has 2 rings (SSSR count). The summed E-state index contributed by atoms with van der Waals surface area (Å²) in [6.45, 7) is 4.10. The Morgan fingerprint density at radius 3 is 2.59 bits per heavy atom. The molecule has 90 valence electrons. The highest BCUT2D eigenvalue weighted by atomic mass is 16.1. The largest absolute Gasteiger partial charge is 0.382 e. The molecule has 0 spiro atoms. The molecule has 3 N–H and O–H groups in total. The Kier molecular flexibility index (Phi) is 2.87. The minimum Gasteiger partial charge on any atom is -0.382 e. The second-order valence-electron chi connectivity index (χ2n) is 3.96. The fraction of sp³-hybridized carbons (Fsp3) is 0.500. The van der Waals surface area contributed by atoms with Crippen LogP contribution in [0.2, 0.25) is 0 Å². The first-order valence-electron chi connectivity index (χ1n) is 5.38. The van der Waals surface area contributed by atoms with Crippen LogP contribution < -0.4 is 16.2 Å². The minimum atomic E-state index is -0.222. The van der Waals surface area contributed by atoms with Crippen molar-refractivity contribution in [2.24, 2.45) is 0 Å². The number of hydrogen-bond acceptors (Lipinski definition) is 6. The molecule has 0 radical (unpaired) electrons. The maximum atomic E-state index is 11.8. The molecule has 0 atom stereocenters. The highest BCUT2D eigenvalue weighted by molar-refractivity contribution is 5.62. The number of aromatic amines is 1. The smallest absolute Gasteiger partial charge is 0.276 e. The van der Waals surface area contributed by atoms with Gasteiger partial charge in [-0.2, -0.15) is 5.26 Å². The van der Waals surface area contributed by atoms with Gasteiger partial charge in [-0.05, 0) is 6.92 Å². The molecule has 1 aliphatic rings. The number of anilines is 2. The summed E-state index contributed by atoms with van der Waals surface area (Å²) in [7, 11) is 0. The molecule has 1 aromatic heterocycles. The summed E-state index contributed by atoms with van der Waals surface area (Å²) in [5, 5.41) is 8.75. The molecule has 7 heteroatoms. The fourth-order valence-corrected chi connectivity index (χ4v) is 1.94. The molecule has 2 heterocycles. The first-order chi connectivity index (χ1) is 8.11. The molecular formula is C10H14N6O. The predicted octanol–water partition coefficient (Wildman–Crippen LogP) is -0.736. The maximum Gasteiger partial charge on any atom is 0.276 e. The van der Waals surface area contributed by atoms with Gasteiger partial charge in [-0.1, -0.05) is 0 Å². The number of nitrogens with zero attached hydrogens (tertiary/aromatic N) is 4.